The van der Waals surface area contributed by atoms with Gasteiger partial charge >= 0.3 is 5.97 Å². The van der Waals surface area contributed by atoms with Crippen LogP contribution in [0.15, 0.2) is 0 Å². The zero-order valence-electron chi connectivity index (χ0n) is 13.6. The van der Waals surface area contributed by atoms with E-state index >= 15 is 0 Å². The Bertz CT molecular complexity index is 395. The molecule has 2 rings (SSSR count). The molecule has 128 valence electrons. The Morgan fingerprint density at radius 1 is 1.18 bits per heavy atom. The molecule has 0 radical (unpaired) electrons. The van der Waals surface area contributed by atoms with Crippen LogP contribution in [0.3, 0.4) is 0 Å². The molecule has 0 heterocycles. The standard InChI is InChI=1S/C16H28N2O3.ClH/c1-11-6-8-16(9-7-11,15(20)21-2)18-14(19)12-4-3-5-13(17)10-12;/h11-13H,3-10,17H2,1-2H3,(H,18,19);1H. The van der Waals surface area contributed by atoms with Crippen LogP contribution in [0.4, 0.5) is 0 Å². The Morgan fingerprint density at radius 2 is 1.82 bits per heavy atom. The quantitative estimate of drug-likeness (QED) is 0.776. The van der Waals surface area contributed by atoms with Crippen LogP contribution in [0.2, 0.25) is 0 Å². The number of amides is 1. The van der Waals surface area contributed by atoms with Crippen LogP contribution >= 0.6 is 12.4 Å². The lowest BCUT2D eigenvalue weighted by Gasteiger charge is -2.39. The first-order valence-electron chi connectivity index (χ1n) is 8.13. The van der Waals surface area contributed by atoms with Crippen molar-refractivity contribution in [3.8, 4) is 0 Å². The first kappa shape index (κ1) is 19.2. The Hall–Kier alpha value is -0.810. The molecule has 2 saturated carbocycles. The van der Waals surface area contributed by atoms with E-state index in [9.17, 15) is 9.59 Å². The number of rotatable bonds is 3. The van der Waals surface area contributed by atoms with Crippen LogP contribution < -0.4 is 11.1 Å². The number of ether oxygens (including phenoxy) is 1. The highest BCUT2D eigenvalue weighted by molar-refractivity contribution is 5.89. The van der Waals surface area contributed by atoms with E-state index in [0.717, 1.165) is 38.5 Å². The third-order valence-electron chi connectivity index (χ3n) is 5.15. The fourth-order valence-electron chi connectivity index (χ4n) is 3.63. The molecule has 6 heteroatoms. The number of methoxy groups -OCH3 is 1. The van der Waals surface area contributed by atoms with Crippen LogP contribution in [-0.2, 0) is 14.3 Å². The zero-order chi connectivity index (χ0) is 15.5. The summed E-state index contributed by atoms with van der Waals surface area (Å²) in [6.07, 6.45) is 6.80. The number of nitrogens with two attached hydrogens (primary N) is 1. The lowest BCUT2D eigenvalue weighted by Crippen LogP contribution is -2.58. The minimum Gasteiger partial charge on any atom is -0.467 e. The summed E-state index contributed by atoms with van der Waals surface area (Å²) in [6, 6.07) is 0.106. The molecule has 5 nitrogen and oxygen atoms in total. The monoisotopic (exact) mass is 332 g/mol. The predicted octanol–water partition coefficient (Wildman–Crippen LogP) is 2.16. The average Bonchev–Trinajstić information content (AvgIpc) is 2.49. The second kappa shape index (κ2) is 8.16. The molecule has 2 aliphatic carbocycles. The Kier molecular flexibility index (Phi) is 7.13. The van der Waals surface area contributed by atoms with Crippen molar-refractivity contribution in [2.45, 2.75) is 69.9 Å². The molecule has 0 aromatic carbocycles. The second-order valence-electron chi connectivity index (χ2n) is 6.87. The normalized spacial score (nSPS) is 35.1. The highest BCUT2D eigenvalue weighted by Gasteiger charge is 2.44. The first-order chi connectivity index (χ1) is 9.97. The summed E-state index contributed by atoms with van der Waals surface area (Å²) in [5.74, 6) is 0.213. The number of carbonyl (C=O) groups is 2. The second-order valence-corrected chi connectivity index (χ2v) is 6.87. The number of esters is 1. The van der Waals surface area contributed by atoms with Crippen molar-refractivity contribution in [1.29, 1.82) is 0 Å². The molecule has 0 aromatic rings. The lowest BCUT2D eigenvalue weighted by atomic mass is 9.76. The molecule has 3 N–H and O–H groups in total. The minimum absolute atomic E-state index is 0. The number of carbonyl (C=O) groups excluding carboxylic acids is 2. The molecule has 2 unspecified atom stereocenters. The number of nitrogens with one attached hydrogen (secondary N) is 1. The maximum atomic E-state index is 12.5. The van der Waals surface area contributed by atoms with E-state index in [1.54, 1.807) is 0 Å². The maximum Gasteiger partial charge on any atom is 0.331 e. The summed E-state index contributed by atoms with van der Waals surface area (Å²) in [5.41, 5.74) is 5.14. The van der Waals surface area contributed by atoms with Crippen LogP contribution in [0, 0.1) is 11.8 Å². The fraction of sp³-hybridized carbons (Fsp3) is 0.875. The van der Waals surface area contributed by atoms with Gasteiger partial charge in [-0.25, -0.2) is 4.79 Å². The largest absolute Gasteiger partial charge is 0.467 e. The average molecular weight is 333 g/mol. The van der Waals surface area contributed by atoms with Crippen molar-refractivity contribution in [3.05, 3.63) is 0 Å². The third kappa shape index (κ3) is 4.35. The number of hydrogen-bond acceptors (Lipinski definition) is 4. The molecule has 0 saturated heterocycles. The number of halogens is 1. The smallest absolute Gasteiger partial charge is 0.331 e. The Morgan fingerprint density at radius 3 is 2.36 bits per heavy atom. The van der Waals surface area contributed by atoms with Gasteiger partial charge in [0.2, 0.25) is 5.91 Å². The lowest BCUT2D eigenvalue weighted by molar-refractivity contribution is -0.153. The van der Waals surface area contributed by atoms with Gasteiger partial charge in [0, 0.05) is 12.0 Å². The predicted molar refractivity (Wildman–Crippen MR) is 87.7 cm³/mol. The SMILES string of the molecule is COC(=O)C1(NC(=O)C2CCCC(N)C2)CCC(C)CC1.Cl. The highest BCUT2D eigenvalue weighted by Crippen LogP contribution is 2.34. The van der Waals surface area contributed by atoms with Crippen LogP contribution in [-0.4, -0.2) is 30.6 Å². The van der Waals surface area contributed by atoms with Crippen LogP contribution in [0.1, 0.15) is 58.3 Å². The molecule has 1 amide bonds. The summed E-state index contributed by atoms with van der Waals surface area (Å²) < 4.78 is 4.96. The zero-order valence-corrected chi connectivity index (χ0v) is 14.4. The summed E-state index contributed by atoms with van der Waals surface area (Å²) >= 11 is 0. The minimum atomic E-state index is -0.820. The van der Waals surface area contributed by atoms with Gasteiger partial charge in [0.15, 0.2) is 0 Å². The Balaban J connectivity index is 0.00000242. The third-order valence-corrected chi connectivity index (χ3v) is 5.15. The van der Waals surface area contributed by atoms with Gasteiger partial charge in [0.1, 0.15) is 5.54 Å². The molecule has 2 atom stereocenters. The van der Waals surface area contributed by atoms with Crippen molar-refractivity contribution < 1.29 is 14.3 Å². The molecular formula is C16H29ClN2O3. The van der Waals surface area contributed by atoms with E-state index < -0.39 is 5.54 Å². The van der Waals surface area contributed by atoms with Crippen molar-refractivity contribution in [1.82, 2.24) is 5.32 Å². The summed E-state index contributed by atoms with van der Waals surface area (Å²) in [5, 5.41) is 3.02. The molecular weight excluding hydrogens is 304 g/mol. The molecule has 0 aliphatic heterocycles. The Labute approximate surface area is 139 Å². The fourth-order valence-corrected chi connectivity index (χ4v) is 3.63. The van der Waals surface area contributed by atoms with Gasteiger partial charge in [-0.3, -0.25) is 4.79 Å². The van der Waals surface area contributed by atoms with E-state index in [4.69, 9.17) is 10.5 Å². The van der Waals surface area contributed by atoms with Gasteiger partial charge < -0.3 is 15.8 Å². The van der Waals surface area contributed by atoms with Crippen molar-refractivity contribution in [2.24, 2.45) is 17.6 Å². The molecule has 0 spiro atoms. The number of hydrogen-bond donors (Lipinski definition) is 2. The highest BCUT2D eigenvalue weighted by atomic mass is 35.5. The summed E-state index contributed by atoms with van der Waals surface area (Å²) in [4.78, 5) is 24.8. The molecule has 2 fully saturated rings. The van der Waals surface area contributed by atoms with Gasteiger partial charge in [-0.1, -0.05) is 13.3 Å². The molecule has 22 heavy (non-hydrogen) atoms. The topological polar surface area (TPSA) is 81.4 Å². The van der Waals surface area contributed by atoms with Gasteiger partial charge in [0.25, 0.3) is 0 Å². The maximum absolute atomic E-state index is 12.5. The van der Waals surface area contributed by atoms with E-state index in [-0.39, 0.29) is 36.2 Å². The summed E-state index contributed by atoms with van der Waals surface area (Å²) in [6.45, 7) is 2.18. The van der Waals surface area contributed by atoms with Crippen molar-refractivity contribution in [3.63, 3.8) is 0 Å². The van der Waals surface area contributed by atoms with E-state index in [2.05, 4.69) is 12.2 Å². The molecule has 0 bridgehead atoms. The van der Waals surface area contributed by atoms with Gasteiger partial charge in [-0.15, -0.1) is 12.4 Å². The molecule has 0 aromatic heterocycles. The summed E-state index contributed by atoms with van der Waals surface area (Å²) in [7, 11) is 1.39. The molecule has 2 aliphatic rings. The van der Waals surface area contributed by atoms with Gasteiger partial charge in [-0.2, -0.15) is 0 Å². The first-order valence-corrected chi connectivity index (χ1v) is 8.13. The van der Waals surface area contributed by atoms with Gasteiger partial charge in [0.05, 0.1) is 7.11 Å². The van der Waals surface area contributed by atoms with Crippen molar-refractivity contribution >= 4 is 24.3 Å². The van der Waals surface area contributed by atoms with E-state index in [1.165, 1.54) is 7.11 Å². The van der Waals surface area contributed by atoms with Gasteiger partial charge in [-0.05, 0) is 50.9 Å². The van der Waals surface area contributed by atoms with Crippen LogP contribution in [0.5, 0.6) is 0 Å². The van der Waals surface area contributed by atoms with Crippen molar-refractivity contribution in [2.75, 3.05) is 7.11 Å². The van der Waals surface area contributed by atoms with Crippen LogP contribution in [0.25, 0.3) is 0 Å². The van der Waals surface area contributed by atoms with E-state index in [1.807, 2.05) is 0 Å². The van der Waals surface area contributed by atoms with E-state index in [0.29, 0.717) is 18.8 Å².